The van der Waals surface area contributed by atoms with Crippen molar-refractivity contribution >= 4 is 0 Å². The van der Waals surface area contributed by atoms with Crippen molar-refractivity contribution in [2.24, 2.45) is 5.41 Å². The molecular formula is C19H38O. The molecule has 0 spiro atoms. The van der Waals surface area contributed by atoms with E-state index in [1.54, 1.807) is 0 Å². The fourth-order valence-electron chi connectivity index (χ4n) is 2.81. The highest BCUT2D eigenvalue weighted by Crippen LogP contribution is 2.29. The molecule has 1 heteroatoms. The zero-order valence-electron chi connectivity index (χ0n) is 14.3. The van der Waals surface area contributed by atoms with Crippen LogP contribution >= 0.6 is 0 Å². The van der Waals surface area contributed by atoms with Gasteiger partial charge in [0.05, 0.1) is 0 Å². The van der Waals surface area contributed by atoms with Gasteiger partial charge in [0.2, 0.25) is 0 Å². The van der Waals surface area contributed by atoms with E-state index >= 15 is 0 Å². The van der Waals surface area contributed by atoms with E-state index in [-0.39, 0.29) is 5.41 Å². The molecule has 1 N–H and O–H groups in total. The number of aliphatic hydroxyl groups is 1. The van der Waals surface area contributed by atoms with Crippen molar-refractivity contribution in [3.05, 3.63) is 12.2 Å². The van der Waals surface area contributed by atoms with Crippen LogP contribution in [0.2, 0.25) is 0 Å². The van der Waals surface area contributed by atoms with E-state index in [9.17, 15) is 5.11 Å². The summed E-state index contributed by atoms with van der Waals surface area (Å²) < 4.78 is 0. The van der Waals surface area contributed by atoms with E-state index in [1.807, 2.05) is 0 Å². The number of rotatable bonds is 14. The molecule has 0 fully saturated rings. The molecule has 20 heavy (non-hydrogen) atoms. The fraction of sp³-hybridized carbons (Fsp3) is 0.895. The molecule has 120 valence electrons. The first-order valence-electron chi connectivity index (χ1n) is 8.94. The molecule has 0 amide bonds. The average Bonchev–Trinajstić information content (AvgIpc) is 2.45. The summed E-state index contributed by atoms with van der Waals surface area (Å²) in [7, 11) is 0. The lowest BCUT2D eigenvalue weighted by atomic mass is 9.81. The van der Waals surface area contributed by atoms with E-state index in [1.165, 1.54) is 64.2 Å². The van der Waals surface area contributed by atoms with Crippen molar-refractivity contribution in [3.63, 3.8) is 0 Å². The van der Waals surface area contributed by atoms with Gasteiger partial charge in [-0.3, -0.25) is 0 Å². The van der Waals surface area contributed by atoms with Gasteiger partial charge in [-0.15, -0.1) is 0 Å². The zero-order valence-corrected chi connectivity index (χ0v) is 14.3. The second kappa shape index (κ2) is 13.7. The molecule has 0 aromatic carbocycles. The minimum atomic E-state index is 0.155. The molecule has 0 aromatic rings. The molecule has 0 aliphatic rings. The molecule has 1 nitrogen and oxygen atoms in total. The van der Waals surface area contributed by atoms with Gasteiger partial charge in [0.1, 0.15) is 0 Å². The Balaban J connectivity index is 3.43. The summed E-state index contributed by atoms with van der Waals surface area (Å²) in [6.45, 7) is 7.03. The van der Waals surface area contributed by atoms with Crippen LogP contribution in [0.15, 0.2) is 12.2 Å². The van der Waals surface area contributed by atoms with Crippen LogP contribution in [-0.4, -0.2) is 11.7 Å². The highest BCUT2D eigenvalue weighted by Gasteiger charge is 2.20. The molecule has 1 unspecified atom stereocenters. The van der Waals surface area contributed by atoms with Crippen molar-refractivity contribution in [2.75, 3.05) is 6.61 Å². The molecule has 0 rings (SSSR count). The maximum Gasteiger partial charge on any atom is 0.0484 e. The van der Waals surface area contributed by atoms with Gasteiger partial charge in [-0.05, 0) is 43.9 Å². The van der Waals surface area contributed by atoms with Gasteiger partial charge in [-0.1, -0.05) is 71.4 Å². The number of unbranched alkanes of at least 4 members (excludes halogenated alkanes) is 7. The summed E-state index contributed by atoms with van der Waals surface area (Å²) in [5, 5.41) is 9.46. The quantitative estimate of drug-likeness (QED) is 0.294. The van der Waals surface area contributed by atoms with Gasteiger partial charge >= 0.3 is 0 Å². The van der Waals surface area contributed by atoms with Crippen molar-refractivity contribution in [2.45, 2.75) is 97.8 Å². The molecule has 0 saturated heterocycles. The molecule has 0 radical (unpaired) electrons. The molecule has 1 atom stereocenters. The van der Waals surface area contributed by atoms with Gasteiger partial charge in [-0.2, -0.15) is 0 Å². The Kier molecular flexibility index (Phi) is 13.5. The molecule has 0 aromatic heterocycles. The monoisotopic (exact) mass is 282 g/mol. The normalized spacial score (nSPS) is 14.8. The second-order valence-electron chi connectivity index (χ2n) is 6.64. The number of hydrogen-bond donors (Lipinski definition) is 1. The largest absolute Gasteiger partial charge is 0.396 e. The first-order valence-corrected chi connectivity index (χ1v) is 8.94. The van der Waals surface area contributed by atoms with Crippen molar-refractivity contribution in [3.8, 4) is 0 Å². The summed E-state index contributed by atoms with van der Waals surface area (Å²) in [6.07, 6.45) is 20.1. The van der Waals surface area contributed by atoms with Crippen LogP contribution in [0.1, 0.15) is 97.8 Å². The van der Waals surface area contributed by atoms with Crippen molar-refractivity contribution in [1.29, 1.82) is 0 Å². The first-order chi connectivity index (χ1) is 9.68. The lowest BCUT2D eigenvalue weighted by Gasteiger charge is -2.26. The topological polar surface area (TPSA) is 20.2 Å². The summed E-state index contributed by atoms with van der Waals surface area (Å²) in [5.41, 5.74) is 0.155. The lowest BCUT2D eigenvalue weighted by Crippen LogP contribution is -2.20. The van der Waals surface area contributed by atoms with Gasteiger partial charge in [0.25, 0.3) is 0 Å². The third-order valence-corrected chi connectivity index (χ3v) is 4.28. The number of allylic oxidation sites excluding steroid dienone is 2. The molecular weight excluding hydrogens is 244 g/mol. The highest BCUT2D eigenvalue weighted by molar-refractivity contribution is 4.83. The van der Waals surface area contributed by atoms with E-state index in [4.69, 9.17) is 0 Å². The Morgan fingerprint density at radius 2 is 1.35 bits per heavy atom. The van der Waals surface area contributed by atoms with Crippen molar-refractivity contribution < 1.29 is 5.11 Å². The Morgan fingerprint density at radius 3 is 1.95 bits per heavy atom. The molecule has 0 bridgehead atoms. The van der Waals surface area contributed by atoms with Crippen LogP contribution in [0.25, 0.3) is 0 Å². The second-order valence-corrected chi connectivity index (χ2v) is 6.64. The average molecular weight is 283 g/mol. The van der Waals surface area contributed by atoms with E-state index in [0.29, 0.717) is 6.61 Å². The highest BCUT2D eigenvalue weighted by atomic mass is 16.3. The Morgan fingerprint density at radius 1 is 0.750 bits per heavy atom. The Hall–Kier alpha value is -0.300. The summed E-state index contributed by atoms with van der Waals surface area (Å²) >= 11 is 0. The maximum absolute atomic E-state index is 9.46. The SMILES string of the molecule is CCCCCCCCC=CCCCC(C)(CO)CCC. The predicted octanol–water partition coefficient (Wildman–Crippen LogP) is 6.26. The minimum absolute atomic E-state index is 0.155. The molecule has 0 aliphatic carbocycles. The predicted molar refractivity (Wildman–Crippen MR) is 91.1 cm³/mol. The lowest BCUT2D eigenvalue weighted by molar-refractivity contribution is 0.120. The summed E-state index contributed by atoms with van der Waals surface area (Å²) in [6, 6.07) is 0. The van der Waals surface area contributed by atoms with E-state index < -0.39 is 0 Å². The van der Waals surface area contributed by atoms with E-state index in [2.05, 4.69) is 32.9 Å². The number of aliphatic hydroxyl groups excluding tert-OH is 1. The first kappa shape index (κ1) is 19.7. The van der Waals surface area contributed by atoms with Crippen molar-refractivity contribution in [1.82, 2.24) is 0 Å². The molecule has 0 aliphatic heterocycles. The van der Waals surface area contributed by atoms with Crippen LogP contribution in [0.5, 0.6) is 0 Å². The smallest absolute Gasteiger partial charge is 0.0484 e. The molecule has 0 heterocycles. The van der Waals surface area contributed by atoms with Crippen LogP contribution in [0.4, 0.5) is 0 Å². The van der Waals surface area contributed by atoms with Gasteiger partial charge in [0.15, 0.2) is 0 Å². The summed E-state index contributed by atoms with van der Waals surface area (Å²) in [4.78, 5) is 0. The molecule has 0 saturated carbocycles. The van der Waals surface area contributed by atoms with Gasteiger partial charge in [0, 0.05) is 6.61 Å². The third kappa shape index (κ3) is 11.5. The summed E-state index contributed by atoms with van der Waals surface area (Å²) in [5.74, 6) is 0. The van der Waals surface area contributed by atoms with Crippen LogP contribution in [0.3, 0.4) is 0 Å². The number of hydrogen-bond acceptors (Lipinski definition) is 1. The maximum atomic E-state index is 9.46. The standard InChI is InChI=1S/C19H38O/c1-4-6-7-8-9-10-11-12-13-14-15-17-19(3,18-20)16-5-2/h12-13,20H,4-11,14-18H2,1-3H3. The van der Waals surface area contributed by atoms with Crippen LogP contribution in [-0.2, 0) is 0 Å². The van der Waals surface area contributed by atoms with Gasteiger partial charge in [-0.25, -0.2) is 0 Å². The van der Waals surface area contributed by atoms with Crippen LogP contribution in [0, 0.1) is 5.41 Å². The Labute approximate surface area is 127 Å². The fourth-order valence-corrected chi connectivity index (χ4v) is 2.81. The minimum Gasteiger partial charge on any atom is -0.396 e. The van der Waals surface area contributed by atoms with E-state index in [0.717, 1.165) is 12.8 Å². The third-order valence-electron chi connectivity index (χ3n) is 4.28. The zero-order chi connectivity index (χ0) is 15.1. The van der Waals surface area contributed by atoms with Gasteiger partial charge < -0.3 is 5.11 Å². The van der Waals surface area contributed by atoms with Crippen LogP contribution < -0.4 is 0 Å². The Bertz CT molecular complexity index is 222.